The number of hydrogen-bond donors (Lipinski definition) is 0. The van der Waals surface area contributed by atoms with Crippen molar-refractivity contribution in [2.24, 2.45) is 5.41 Å². The molecule has 148 valence electrons. The number of methoxy groups -OCH3 is 1. The third kappa shape index (κ3) is 5.06. The summed E-state index contributed by atoms with van der Waals surface area (Å²) >= 11 is 0. The van der Waals surface area contributed by atoms with Gasteiger partial charge in [0.25, 0.3) is 0 Å². The molecule has 0 bridgehead atoms. The Hall–Kier alpha value is -1.95. The first-order valence-corrected chi connectivity index (χ1v) is 9.82. The van der Waals surface area contributed by atoms with Crippen molar-refractivity contribution in [2.75, 3.05) is 33.3 Å². The van der Waals surface area contributed by atoms with Crippen LogP contribution in [0.25, 0.3) is 0 Å². The van der Waals surface area contributed by atoms with E-state index >= 15 is 0 Å². The summed E-state index contributed by atoms with van der Waals surface area (Å²) in [6.45, 7) is 4.07. The summed E-state index contributed by atoms with van der Waals surface area (Å²) in [7, 11) is 1.37. The zero-order valence-corrected chi connectivity index (χ0v) is 16.1. The van der Waals surface area contributed by atoms with Crippen LogP contribution in [0.5, 0.6) is 0 Å². The molecule has 1 aromatic carbocycles. The molecular weight excluding hydrogens is 347 g/mol. The molecule has 2 aliphatic rings. The van der Waals surface area contributed by atoms with Crippen LogP contribution >= 0.6 is 0 Å². The van der Waals surface area contributed by atoms with E-state index in [0.717, 1.165) is 51.0 Å². The number of rotatable bonds is 6. The Morgan fingerprint density at radius 2 is 1.96 bits per heavy atom. The second-order valence-corrected chi connectivity index (χ2v) is 7.90. The van der Waals surface area contributed by atoms with Crippen LogP contribution in [-0.4, -0.2) is 55.0 Å². The highest BCUT2D eigenvalue weighted by atomic mass is 19.1. The maximum absolute atomic E-state index is 14.0. The molecule has 5 nitrogen and oxygen atoms in total. The average Bonchev–Trinajstić information content (AvgIpc) is 3.06. The van der Waals surface area contributed by atoms with Crippen molar-refractivity contribution in [3.63, 3.8) is 0 Å². The zero-order valence-electron chi connectivity index (χ0n) is 16.1. The third-order valence-electron chi connectivity index (χ3n) is 5.88. The molecule has 1 unspecified atom stereocenters. The summed E-state index contributed by atoms with van der Waals surface area (Å²) in [5, 5.41) is 0. The van der Waals surface area contributed by atoms with Crippen molar-refractivity contribution < 1.29 is 18.7 Å². The Morgan fingerprint density at radius 1 is 1.15 bits per heavy atom. The number of carbonyl (C=O) groups is 2. The van der Waals surface area contributed by atoms with Crippen LogP contribution in [-0.2, 0) is 20.9 Å². The first kappa shape index (κ1) is 19.8. The third-order valence-corrected chi connectivity index (χ3v) is 5.88. The van der Waals surface area contributed by atoms with E-state index < -0.39 is 0 Å². The fourth-order valence-electron chi connectivity index (χ4n) is 4.44. The standard InChI is InChI=1S/C21H29FN2O3/c1-27-20(26)9-4-8-19(25)24-13-11-21(16-24)10-5-12-23(15-21)14-17-6-2-3-7-18(17)22/h2-3,6-7H,4-5,8-16H2,1H3. The Bertz CT molecular complexity index is 681. The van der Waals surface area contributed by atoms with E-state index in [2.05, 4.69) is 9.64 Å². The number of amides is 1. The van der Waals surface area contributed by atoms with Crippen LogP contribution in [0.15, 0.2) is 24.3 Å². The van der Waals surface area contributed by atoms with Crippen molar-refractivity contribution in [2.45, 2.75) is 45.1 Å². The van der Waals surface area contributed by atoms with Gasteiger partial charge in [-0.2, -0.15) is 0 Å². The van der Waals surface area contributed by atoms with Gasteiger partial charge in [-0.1, -0.05) is 18.2 Å². The van der Waals surface area contributed by atoms with E-state index in [1.807, 2.05) is 17.0 Å². The SMILES string of the molecule is COC(=O)CCCC(=O)N1CCC2(CCCN(Cc3ccccc3F)C2)C1. The quantitative estimate of drug-likeness (QED) is 0.716. The van der Waals surface area contributed by atoms with E-state index in [9.17, 15) is 14.0 Å². The number of carbonyl (C=O) groups excluding carboxylic acids is 2. The maximum Gasteiger partial charge on any atom is 0.305 e. The van der Waals surface area contributed by atoms with Gasteiger partial charge in [-0.3, -0.25) is 14.5 Å². The van der Waals surface area contributed by atoms with Gasteiger partial charge in [-0.05, 0) is 38.3 Å². The largest absolute Gasteiger partial charge is 0.469 e. The van der Waals surface area contributed by atoms with Crippen molar-refractivity contribution in [3.05, 3.63) is 35.6 Å². The topological polar surface area (TPSA) is 49.9 Å². The van der Waals surface area contributed by atoms with Gasteiger partial charge in [0.05, 0.1) is 7.11 Å². The molecule has 1 atom stereocenters. The molecule has 27 heavy (non-hydrogen) atoms. The van der Waals surface area contributed by atoms with Gasteiger partial charge in [-0.25, -0.2) is 4.39 Å². The molecule has 0 saturated carbocycles. The highest BCUT2D eigenvalue weighted by Gasteiger charge is 2.42. The molecule has 1 spiro atoms. The summed E-state index contributed by atoms with van der Waals surface area (Å²) in [5.74, 6) is -0.287. The number of halogens is 1. The van der Waals surface area contributed by atoms with E-state index in [4.69, 9.17) is 0 Å². The molecule has 2 fully saturated rings. The molecule has 2 saturated heterocycles. The van der Waals surface area contributed by atoms with Crippen LogP contribution in [0.3, 0.4) is 0 Å². The van der Waals surface area contributed by atoms with Gasteiger partial charge in [0.1, 0.15) is 5.82 Å². The lowest BCUT2D eigenvalue weighted by Gasteiger charge is -2.40. The first-order chi connectivity index (χ1) is 13.0. The Labute approximate surface area is 160 Å². The lowest BCUT2D eigenvalue weighted by Crippen LogP contribution is -2.45. The normalized spacial score (nSPS) is 23.0. The number of ether oxygens (including phenoxy) is 1. The molecule has 0 aromatic heterocycles. The Kier molecular flexibility index (Phi) is 6.47. The summed E-state index contributed by atoms with van der Waals surface area (Å²) < 4.78 is 18.6. The van der Waals surface area contributed by atoms with E-state index in [1.165, 1.54) is 13.2 Å². The summed E-state index contributed by atoms with van der Waals surface area (Å²) in [6, 6.07) is 6.96. The van der Waals surface area contributed by atoms with E-state index in [-0.39, 0.29) is 29.5 Å². The molecule has 0 N–H and O–H groups in total. The molecule has 2 aliphatic heterocycles. The van der Waals surface area contributed by atoms with Crippen molar-refractivity contribution in [3.8, 4) is 0 Å². The predicted molar refractivity (Wildman–Crippen MR) is 100 cm³/mol. The van der Waals surface area contributed by atoms with Crippen LogP contribution in [0.4, 0.5) is 4.39 Å². The average molecular weight is 376 g/mol. The van der Waals surface area contributed by atoms with Gasteiger partial charge in [-0.15, -0.1) is 0 Å². The highest BCUT2D eigenvalue weighted by molar-refractivity contribution is 5.77. The molecule has 6 heteroatoms. The smallest absolute Gasteiger partial charge is 0.305 e. The number of nitrogens with zero attached hydrogens (tertiary/aromatic N) is 2. The van der Waals surface area contributed by atoms with Gasteiger partial charge in [0.15, 0.2) is 0 Å². The molecule has 3 rings (SSSR count). The Morgan fingerprint density at radius 3 is 2.74 bits per heavy atom. The Balaban J connectivity index is 1.52. The monoisotopic (exact) mass is 376 g/mol. The van der Waals surface area contributed by atoms with Gasteiger partial charge >= 0.3 is 5.97 Å². The van der Waals surface area contributed by atoms with E-state index in [0.29, 0.717) is 19.4 Å². The lowest BCUT2D eigenvalue weighted by atomic mass is 9.79. The lowest BCUT2D eigenvalue weighted by molar-refractivity contribution is -0.140. The molecular formula is C21H29FN2O3. The van der Waals surface area contributed by atoms with Crippen LogP contribution in [0.2, 0.25) is 0 Å². The van der Waals surface area contributed by atoms with Gasteiger partial charge in [0, 0.05) is 50.0 Å². The van der Waals surface area contributed by atoms with Crippen LogP contribution in [0.1, 0.15) is 44.1 Å². The van der Waals surface area contributed by atoms with Crippen molar-refractivity contribution >= 4 is 11.9 Å². The number of esters is 1. The summed E-state index contributed by atoms with van der Waals surface area (Å²) in [5.41, 5.74) is 0.866. The highest BCUT2D eigenvalue weighted by Crippen LogP contribution is 2.39. The molecule has 2 heterocycles. The molecule has 0 radical (unpaired) electrons. The maximum atomic E-state index is 14.0. The second kappa shape index (κ2) is 8.83. The minimum absolute atomic E-state index is 0.127. The number of benzene rings is 1. The van der Waals surface area contributed by atoms with Gasteiger partial charge < -0.3 is 9.64 Å². The predicted octanol–water partition coefficient (Wildman–Crippen LogP) is 2.98. The molecule has 1 amide bonds. The molecule has 1 aromatic rings. The first-order valence-electron chi connectivity index (χ1n) is 9.82. The minimum atomic E-state index is -0.267. The minimum Gasteiger partial charge on any atom is -0.469 e. The second-order valence-electron chi connectivity index (χ2n) is 7.90. The fourth-order valence-corrected chi connectivity index (χ4v) is 4.44. The van der Waals surface area contributed by atoms with E-state index in [1.54, 1.807) is 6.07 Å². The van der Waals surface area contributed by atoms with Crippen LogP contribution < -0.4 is 0 Å². The summed E-state index contributed by atoms with van der Waals surface area (Å²) in [4.78, 5) is 27.9. The van der Waals surface area contributed by atoms with Gasteiger partial charge in [0.2, 0.25) is 5.91 Å². The number of hydrogen-bond acceptors (Lipinski definition) is 4. The number of piperidine rings is 1. The fraction of sp³-hybridized carbons (Fsp3) is 0.619. The number of likely N-dealkylation sites (tertiary alicyclic amines) is 2. The van der Waals surface area contributed by atoms with Crippen LogP contribution in [0, 0.1) is 11.2 Å². The van der Waals surface area contributed by atoms with Crippen molar-refractivity contribution in [1.82, 2.24) is 9.80 Å². The summed E-state index contributed by atoms with van der Waals surface area (Å²) in [6.07, 6.45) is 4.42. The zero-order chi connectivity index (χ0) is 19.3. The molecule has 0 aliphatic carbocycles. The van der Waals surface area contributed by atoms with Crippen molar-refractivity contribution in [1.29, 1.82) is 0 Å².